The monoisotopic (exact) mass is 510 g/mol. The van der Waals surface area contributed by atoms with Crippen LogP contribution in [0, 0.1) is 0 Å². The first-order valence-electron chi connectivity index (χ1n) is 11.1. The van der Waals surface area contributed by atoms with E-state index in [0.717, 1.165) is 12.1 Å². The molecule has 196 valence electrons. The molecule has 0 aliphatic rings. The lowest BCUT2D eigenvalue weighted by Gasteiger charge is -2.27. The van der Waals surface area contributed by atoms with Gasteiger partial charge in [0.05, 0.1) is 11.6 Å². The highest BCUT2D eigenvalue weighted by Crippen LogP contribution is 2.32. The number of alkyl carbamates (subject to hydrolysis) is 1. The van der Waals surface area contributed by atoms with E-state index in [2.05, 4.69) is 10.6 Å². The van der Waals surface area contributed by atoms with Gasteiger partial charge in [0.2, 0.25) is 0 Å². The van der Waals surface area contributed by atoms with Crippen LogP contribution in [-0.4, -0.2) is 52.0 Å². The molecule has 0 heterocycles. The van der Waals surface area contributed by atoms with Gasteiger partial charge in [0, 0.05) is 6.42 Å². The predicted octanol–water partition coefficient (Wildman–Crippen LogP) is 3.31. The van der Waals surface area contributed by atoms with Crippen molar-refractivity contribution in [1.29, 1.82) is 0 Å². The highest BCUT2D eigenvalue weighted by molar-refractivity contribution is 5.87. The Morgan fingerprint density at radius 1 is 0.917 bits per heavy atom. The average Bonchev–Trinajstić information content (AvgIpc) is 2.76. The fourth-order valence-corrected chi connectivity index (χ4v) is 3.40. The quantitative estimate of drug-likeness (QED) is 0.410. The maximum absolute atomic E-state index is 13.3. The number of carboxylic acids is 1. The minimum atomic E-state index is -4.72. The topological polar surface area (TPSA) is 125 Å². The number of aliphatic hydroxyl groups excluding tert-OH is 1. The highest BCUT2D eigenvalue weighted by atomic mass is 19.4. The Morgan fingerprint density at radius 2 is 1.50 bits per heavy atom. The van der Waals surface area contributed by atoms with E-state index >= 15 is 0 Å². The maximum Gasteiger partial charge on any atom is 0.416 e. The standard InChI is InChI=1S/C25H29F3N2O6/c1-24(2,3)36-23(35)30-18(13-15-9-5-4-6-10-15)20(31)21(32)29-19(22(33)34)14-16-11-7-8-12-17(16)25(26,27)28/h4-12,18-20,31H,13-14H2,1-3H3,(H,29,32)(H,30,35)(H,33,34)/t18-,19?,20+/m1/s1. The first-order valence-corrected chi connectivity index (χ1v) is 11.1. The number of nitrogens with one attached hydrogen (secondary N) is 2. The average molecular weight is 511 g/mol. The third kappa shape index (κ3) is 8.88. The van der Waals surface area contributed by atoms with Gasteiger partial charge in [0.25, 0.3) is 5.91 Å². The number of ether oxygens (including phenoxy) is 1. The van der Waals surface area contributed by atoms with E-state index in [1.807, 2.05) is 0 Å². The Hall–Kier alpha value is -3.60. The van der Waals surface area contributed by atoms with E-state index in [0.29, 0.717) is 5.56 Å². The van der Waals surface area contributed by atoms with Crippen LogP contribution in [0.1, 0.15) is 37.5 Å². The molecule has 0 aromatic heterocycles. The summed E-state index contributed by atoms with van der Waals surface area (Å²) in [5, 5.41) is 24.7. The van der Waals surface area contributed by atoms with Gasteiger partial charge in [-0.2, -0.15) is 13.2 Å². The van der Waals surface area contributed by atoms with Gasteiger partial charge in [-0.1, -0.05) is 48.5 Å². The summed E-state index contributed by atoms with van der Waals surface area (Å²) in [6.07, 6.45) is -8.25. The summed E-state index contributed by atoms with van der Waals surface area (Å²) in [5.74, 6) is -2.77. The van der Waals surface area contributed by atoms with Crippen molar-refractivity contribution in [2.75, 3.05) is 0 Å². The van der Waals surface area contributed by atoms with Crippen molar-refractivity contribution >= 4 is 18.0 Å². The van der Waals surface area contributed by atoms with E-state index in [1.54, 1.807) is 51.1 Å². The molecule has 0 aliphatic heterocycles. The van der Waals surface area contributed by atoms with E-state index in [9.17, 15) is 37.8 Å². The number of halogens is 3. The lowest BCUT2D eigenvalue weighted by molar-refractivity contribution is -0.144. The normalized spacial score (nSPS) is 14.3. The van der Waals surface area contributed by atoms with Gasteiger partial charge >= 0.3 is 18.2 Å². The summed E-state index contributed by atoms with van der Waals surface area (Å²) in [6.45, 7) is 4.87. The fourth-order valence-electron chi connectivity index (χ4n) is 3.40. The Balaban J connectivity index is 2.23. The van der Waals surface area contributed by atoms with Gasteiger partial charge in [-0.3, -0.25) is 4.79 Å². The number of aliphatic carboxylic acids is 1. The molecule has 4 N–H and O–H groups in total. The minimum absolute atomic E-state index is 0.0106. The second-order valence-electron chi connectivity index (χ2n) is 9.15. The number of aliphatic hydroxyl groups is 1. The zero-order valence-electron chi connectivity index (χ0n) is 20.0. The minimum Gasteiger partial charge on any atom is -0.480 e. The number of carbonyl (C=O) groups excluding carboxylic acids is 2. The number of carbonyl (C=O) groups is 3. The molecule has 3 atom stereocenters. The molecule has 36 heavy (non-hydrogen) atoms. The number of benzene rings is 2. The molecule has 2 amide bonds. The largest absolute Gasteiger partial charge is 0.480 e. The molecular formula is C25H29F3N2O6. The lowest BCUT2D eigenvalue weighted by atomic mass is 9.98. The highest BCUT2D eigenvalue weighted by Gasteiger charge is 2.36. The molecule has 2 aromatic carbocycles. The van der Waals surface area contributed by atoms with Gasteiger partial charge in [0.1, 0.15) is 11.6 Å². The van der Waals surface area contributed by atoms with Crippen molar-refractivity contribution in [3.8, 4) is 0 Å². The zero-order valence-corrected chi connectivity index (χ0v) is 20.0. The van der Waals surface area contributed by atoms with Crippen LogP contribution in [0.3, 0.4) is 0 Å². The number of alkyl halides is 3. The van der Waals surface area contributed by atoms with Gasteiger partial charge in [0.15, 0.2) is 6.10 Å². The summed E-state index contributed by atoms with van der Waals surface area (Å²) in [7, 11) is 0. The number of hydrogen-bond donors (Lipinski definition) is 4. The van der Waals surface area contributed by atoms with Crippen molar-refractivity contribution in [2.45, 2.75) is 63.6 Å². The molecule has 1 unspecified atom stereocenters. The number of carboxylic acid groups (broad SMARTS) is 1. The molecule has 0 saturated carbocycles. The number of amides is 2. The Morgan fingerprint density at radius 3 is 2.06 bits per heavy atom. The van der Waals surface area contributed by atoms with Crippen LogP contribution in [0.25, 0.3) is 0 Å². The molecule has 2 rings (SSSR count). The summed E-state index contributed by atoms with van der Waals surface area (Å²) in [4.78, 5) is 36.9. The van der Waals surface area contributed by atoms with Crippen LogP contribution in [0.5, 0.6) is 0 Å². The Labute approximate surface area is 206 Å². The molecule has 0 aliphatic carbocycles. The Kier molecular flexibility index (Phi) is 9.46. The summed E-state index contributed by atoms with van der Waals surface area (Å²) >= 11 is 0. The fraction of sp³-hybridized carbons (Fsp3) is 0.400. The molecule has 0 fully saturated rings. The third-order valence-electron chi connectivity index (χ3n) is 5.01. The van der Waals surface area contributed by atoms with E-state index < -0.39 is 59.9 Å². The smallest absolute Gasteiger partial charge is 0.416 e. The second kappa shape index (κ2) is 11.9. The second-order valence-corrected chi connectivity index (χ2v) is 9.15. The van der Waals surface area contributed by atoms with Gasteiger partial charge in [-0.15, -0.1) is 0 Å². The molecule has 2 aromatic rings. The van der Waals surface area contributed by atoms with Crippen LogP contribution in [0.4, 0.5) is 18.0 Å². The number of hydrogen-bond acceptors (Lipinski definition) is 5. The summed E-state index contributed by atoms with van der Waals surface area (Å²) in [5.41, 5.74) is -1.58. The third-order valence-corrected chi connectivity index (χ3v) is 5.01. The van der Waals surface area contributed by atoms with Crippen molar-refractivity contribution in [3.05, 3.63) is 71.3 Å². The van der Waals surface area contributed by atoms with Crippen molar-refractivity contribution in [1.82, 2.24) is 10.6 Å². The molecule has 0 spiro atoms. The molecule has 8 nitrogen and oxygen atoms in total. The van der Waals surface area contributed by atoms with Crippen LogP contribution in [-0.2, 0) is 33.3 Å². The van der Waals surface area contributed by atoms with Gasteiger partial charge in [-0.05, 0) is 44.4 Å². The van der Waals surface area contributed by atoms with Crippen LogP contribution in [0.2, 0.25) is 0 Å². The molecule has 0 bridgehead atoms. The van der Waals surface area contributed by atoms with E-state index in [-0.39, 0.29) is 12.0 Å². The lowest BCUT2D eigenvalue weighted by Crippen LogP contribution is -2.55. The zero-order chi connectivity index (χ0) is 27.1. The van der Waals surface area contributed by atoms with Crippen molar-refractivity contribution < 1.29 is 42.5 Å². The predicted molar refractivity (Wildman–Crippen MR) is 124 cm³/mol. The van der Waals surface area contributed by atoms with Gasteiger partial charge < -0.3 is 25.6 Å². The van der Waals surface area contributed by atoms with Crippen molar-refractivity contribution in [2.24, 2.45) is 0 Å². The summed E-state index contributed by atoms with van der Waals surface area (Å²) < 4.78 is 45.1. The van der Waals surface area contributed by atoms with Crippen LogP contribution >= 0.6 is 0 Å². The van der Waals surface area contributed by atoms with Crippen molar-refractivity contribution in [3.63, 3.8) is 0 Å². The first kappa shape index (κ1) is 28.6. The maximum atomic E-state index is 13.3. The summed E-state index contributed by atoms with van der Waals surface area (Å²) in [6, 6.07) is 9.99. The van der Waals surface area contributed by atoms with E-state index in [1.165, 1.54) is 12.1 Å². The van der Waals surface area contributed by atoms with Crippen LogP contribution < -0.4 is 10.6 Å². The Bertz CT molecular complexity index is 1050. The molecule has 0 radical (unpaired) electrons. The molecule has 11 heteroatoms. The first-order chi connectivity index (χ1) is 16.7. The molecule has 0 saturated heterocycles. The van der Waals surface area contributed by atoms with Gasteiger partial charge in [-0.25, -0.2) is 9.59 Å². The number of rotatable bonds is 9. The SMILES string of the molecule is CC(C)(C)OC(=O)N[C@H](Cc1ccccc1)[C@H](O)C(=O)NC(Cc1ccccc1C(F)(F)F)C(=O)O. The van der Waals surface area contributed by atoms with Crippen LogP contribution in [0.15, 0.2) is 54.6 Å². The van der Waals surface area contributed by atoms with E-state index in [4.69, 9.17) is 4.74 Å². The molecular weight excluding hydrogens is 481 g/mol.